The first-order valence-electron chi connectivity index (χ1n) is 13.9. The molecule has 2 aliphatic rings. The van der Waals surface area contributed by atoms with Crippen molar-refractivity contribution in [1.82, 2.24) is 29.5 Å². The molecule has 43 heavy (non-hydrogen) atoms. The molecule has 2 aliphatic heterocycles. The summed E-state index contributed by atoms with van der Waals surface area (Å²) in [5.41, 5.74) is 5.88. The SMILES string of the molecule is N=C(N)C(C(=O)Nc1cn(CC(=O)N2CCC(N3CCCC3)CC2)nc1-c1cc(Cl)ccc1OC(F)F)c1ncccn1. The van der Waals surface area contributed by atoms with E-state index in [1.165, 1.54) is 54.3 Å². The lowest BCUT2D eigenvalue weighted by molar-refractivity contribution is -0.133. The van der Waals surface area contributed by atoms with Crippen LogP contribution in [0.25, 0.3) is 11.3 Å². The Morgan fingerprint density at radius 2 is 1.84 bits per heavy atom. The quantitative estimate of drug-likeness (QED) is 0.232. The summed E-state index contributed by atoms with van der Waals surface area (Å²) in [6, 6.07) is 6.04. The topological polar surface area (TPSA) is 155 Å². The number of nitrogens with one attached hydrogen (secondary N) is 2. The van der Waals surface area contributed by atoms with Crippen LogP contribution in [-0.2, 0) is 16.1 Å². The van der Waals surface area contributed by atoms with Gasteiger partial charge in [0.1, 0.15) is 29.6 Å². The molecule has 0 aliphatic carbocycles. The summed E-state index contributed by atoms with van der Waals surface area (Å²) in [4.78, 5) is 39.0. The number of nitrogens with two attached hydrogens (primary N) is 1. The minimum absolute atomic E-state index is 0.00145. The van der Waals surface area contributed by atoms with E-state index < -0.39 is 24.3 Å². The number of nitrogens with zero attached hydrogens (tertiary/aromatic N) is 6. The predicted molar refractivity (Wildman–Crippen MR) is 155 cm³/mol. The van der Waals surface area contributed by atoms with Gasteiger partial charge in [-0.1, -0.05) is 11.6 Å². The Hall–Kier alpha value is -4.17. The van der Waals surface area contributed by atoms with E-state index in [0.717, 1.165) is 25.9 Å². The molecule has 1 unspecified atom stereocenters. The van der Waals surface area contributed by atoms with Gasteiger partial charge in [0.05, 0.1) is 5.69 Å². The Bertz CT molecular complexity index is 1460. The monoisotopic (exact) mass is 615 g/mol. The first kappa shape index (κ1) is 30.3. The Balaban J connectivity index is 1.41. The van der Waals surface area contributed by atoms with Gasteiger partial charge in [0, 0.05) is 48.3 Å². The lowest BCUT2D eigenvalue weighted by Crippen LogP contribution is -2.46. The van der Waals surface area contributed by atoms with E-state index in [-0.39, 0.29) is 46.0 Å². The molecule has 0 bridgehead atoms. The summed E-state index contributed by atoms with van der Waals surface area (Å²) in [7, 11) is 0. The maximum Gasteiger partial charge on any atom is 0.387 e. The Morgan fingerprint density at radius 1 is 1.14 bits per heavy atom. The van der Waals surface area contributed by atoms with Crippen molar-refractivity contribution in [3.05, 3.63) is 53.7 Å². The van der Waals surface area contributed by atoms with E-state index in [9.17, 15) is 18.4 Å². The number of aromatic nitrogens is 4. The molecular weight excluding hydrogens is 584 g/mol. The van der Waals surface area contributed by atoms with Gasteiger partial charge >= 0.3 is 6.61 Å². The molecule has 15 heteroatoms. The lowest BCUT2D eigenvalue weighted by Gasteiger charge is -2.36. The van der Waals surface area contributed by atoms with Crippen LogP contribution in [-0.4, -0.2) is 86.0 Å². The smallest absolute Gasteiger partial charge is 0.387 e. The number of carbonyl (C=O) groups excluding carboxylic acids is 2. The van der Waals surface area contributed by atoms with Crippen LogP contribution >= 0.6 is 11.6 Å². The largest absolute Gasteiger partial charge is 0.434 e. The van der Waals surface area contributed by atoms with E-state index in [1.807, 2.05) is 0 Å². The fraction of sp³-hybridized carbons (Fsp3) is 0.429. The molecule has 0 radical (unpaired) electrons. The van der Waals surface area contributed by atoms with Crippen molar-refractivity contribution < 1.29 is 23.1 Å². The molecule has 4 heterocycles. The highest BCUT2D eigenvalue weighted by Crippen LogP contribution is 2.37. The van der Waals surface area contributed by atoms with E-state index in [2.05, 4.69) is 25.3 Å². The summed E-state index contributed by atoms with van der Waals surface area (Å²) >= 11 is 6.19. The fourth-order valence-electron chi connectivity index (χ4n) is 5.57. The maximum absolute atomic E-state index is 13.4. The number of ether oxygens (including phenoxy) is 1. The zero-order valence-electron chi connectivity index (χ0n) is 23.3. The van der Waals surface area contributed by atoms with Crippen LogP contribution in [0.15, 0.2) is 42.9 Å². The highest BCUT2D eigenvalue weighted by atomic mass is 35.5. The molecule has 0 saturated carbocycles. The molecule has 4 N–H and O–H groups in total. The number of anilines is 1. The third-order valence-corrected chi connectivity index (χ3v) is 7.86. The van der Waals surface area contributed by atoms with Gasteiger partial charge in [-0.2, -0.15) is 13.9 Å². The molecule has 1 aromatic carbocycles. The predicted octanol–water partition coefficient (Wildman–Crippen LogP) is 3.34. The third kappa shape index (κ3) is 7.25. The molecule has 2 fully saturated rings. The van der Waals surface area contributed by atoms with Gasteiger partial charge < -0.3 is 25.6 Å². The number of carbonyl (C=O) groups is 2. The van der Waals surface area contributed by atoms with E-state index >= 15 is 0 Å². The second-order valence-electron chi connectivity index (χ2n) is 10.4. The van der Waals surface area contributed by atoms with Gasteiger partial charge in [0.15, 0.2) is 5.92 Å². The second kappa shape index (κ2) is 13.4. The van der Waals surface area contributed by atoms with Crippen molar-refractivity contribution in [2.75, 3.05) is 31.5 Å². The van der Waals surface area contributed by atoms with Crippen LogP contribution in [0.1, 0.15) is 37.4 Å². The van der Waals surface area contributed by atoms with Gasteiger partial charge in [-0.25, -0.2) is 9.97 Å². The number of alkyl halides is 2. The molecular formula is C28H32ClF2N9O3. The highest BCUT2D eigenvalue weighted by Gasteiger charge is 2.31. The first-order valence-corrected chi connectivity index (χ1v) is 14.3. The van der Waals surface area contributed by atoms with Gasteiger partial charge in [-0.3, -0.25) is 19.7 Å². The molecule has 0 spiro atoms. The minimum Gasteiger partial charge on any atom is -0.434 e. The lowest BCUT2D eigenvalue weighted by atomic mass is 10.0. The molecule has 2 aromatic heterocycles. The fourth-order valence-corrected chi connectivity index (χ4v) is 5.74. The van der Waals surface area contributed by atoms with Crippen LogP contribution in [0.5, 0.6) is 5.75 Å². The zero-order chi connectivity index (χ0) is 30.5. The number of likely N-dealkylation sites (tertiary alicyclic amines) is 2. The van der Waals surface area contributed by atoms with E-state index in [4.69, 9.17) is 27.5 Å². The average molecular weight is 616 g/mol. The van der Waals surface area contributed by atoms with Crippen molar-refractivity contribution in [2.45, 2.75) is 50.8 Å². The standard InChI is InChI=1S/C28H32ClF2N9O3/c29-17-4-5-21(43-28(30)31)19(14-17)24-20(36-27(42)23(25(32)33)26-34-8-3-9-35-26)15-40(37-24)16-22(41)39-12-6-18(7-13-39)38-10-1-2-11-38/h3-5,8-9,14-15,18,23,28H,1-2,6-7,10-13,16H2,(H3,32,33)(H,36,42). The third-order valence-electron chi connectivity index (χ3n) is 7.62. The number of piperidine rings is 1. The summed E-state index contributed by atoms with van der Waals surface area (Å²) in [6.07, 6.45) is 8.44. The molecule has 1 atom stereocenters. The Labute approximate surface area is 251 Å². The van der Waals surface area contributed by atoms with Crippen LogP contribution in [0.2, 0.25) is 5.02 Å². The van der Waals surface area contributed by atoms with Gasteiger partial charge in [-0.15, -0.1) is 0 Å². The van der Waals surface area contributed by atoms with Crippen molar-refractivity contribution in [2.24, 2.45) is 5.73 Å². The van der Waals surface area contributed by atoms with Crippen molar-refractivity contribution in [1.29, 1.82) is 5.41 Å². The molecule has 3 aromatic rings. The summed E-state index contributed by atoms with van der Waals surface area (Å²) in [5.74, 6) is -3.00. The van der Waals surface area contributed by atoms with Gasteiger partial charge in [0.2, 0.25) is 11.8 Å². The molecule has 228 valence electrons. The number of hydrogen-bond acceptors (Lipinski definition) is 8. The van der Waals surface area contributed by atoms with E-state index in [0.29, 0.717) is 19.1 Å². The number of amides is 2. The normalized spacial score (nSPS) is 16.8. The highest BCUT2D eigenvalue weighted by molar-refractivity contribution is 6.31. The van der Waals surface area contributed by atoms with E-state index in [1.54, 1.807) is 11.0 Å². The molecule has 12 nitrogen and oxygen atoms in total. The summed E-state index contributed by atoms with van der Waals surface area (Å²) in [6.45, 7) is 0.157. The minimum atomic E-state index is -3.14. The van der Waals surface area contributed by atoms with Gasteiger partial charge in [-0.05, 0) is 63.0 Å². The van der Waals surface area contributed by atoms with Crippen LogP contribution in [0.3, 0.4) is 0 Å². The summed E-state index contributed by atoms with van der Waals surface area (Å²) < 4.78 is 32.6. The number of benzene rings is 1. The maximum atomic E-state index is 13.4. The van der Waals surface area contributed by atoms with Crippen LogP contribution in [0.4, 0.5) is 14.5 Å². The van der Waals surface area contributed by atoms with Crippen molar-refractivity contribution in [3.8, 4) is 17.0 Å². The molecule has 5 rings (SSSR count). The number of amidine groups is 1. The van der Waals surface area contributed by atoms with Crippen LogP contribution < -0.4 is 15.8 Å². The molecule has 2 saturated heterocycles. The zero-order valence-corrected chi connectivity index (χ0v) is 24.0. The second-order valence-corrected chi connectivity index (χ2v) is 10.9. The van der Waals surface area contributed by atoms with Crippen LogP contribution in [0, 0.1) is 5.41 Å². The average Bonchev–Trinajstić information content (AvgIpc) is 3.65. The van der Waals surface area contributed by atoms with Gasteiger partial charge in [0.25, 0.3) is 0 Å². The molecule has 2 amide bonds. The first-order chi connectivity index (χ1) is 20.7. The van der Waals surface area contributed by atoms with Crippen molar-refractivity contribution >= 4 is 34.9 Å². The Morgan fingerprint density at radius 3 is 2.49 bits per heavy atom. The Kier molecular flexibility index (Phi) is 9.46. The van der Waals surface area contributed by atoms with Crippen molar-refractivity contribution in [3.63, 3.8) is 0 Å². The number of hydrogen-bond donors (Lipinski definition) is 3. The number of rotatable bonds is 10. The summed E-state index contributed by atoms with van der Waals surface area (Å²) in [5, 5.41) is 15.3. The number of halogens is 3.